The van der Waals surface area contributed by atoms with Gasteiger partial charge < -0.3 is 24.7 Å². The molecule has 0 saturated heterocycles. The lowest BCUT2D eigenvalue weighted by molar-refractivity contribution is 0.369. The molecule has 0 aliphatic carbocycles. The average Bonchev–Trinajstić information content (AvgIpc) is 0.674. The highest BCUT2D eigenvalue weighted by atomic mass is 127. The molecule has 0 aromatic heterocycles. The van der Waals surface area contributed by atoms with Crippen LogP contribution in [0.5, 0.6) is 0 Å². The number of halogens is 3. The SMILES string of the molecule is IB(I)I.[2H]OC[B].c1ccc(-c2ccccc2N2c3ccccc3B3c4ccccc4N4c5ccccc5B5c6ccccc6Cc6cc2c3c4c65)cc1.c1ccc(Cc2cc(N(c3ccccc3)c3ccccc3)cc(N(c3ccccc3)c3ccccc3-c3ccccc3)c2)cc1. The summed E-state index contributed by atoms with van der Waals surface area (Å²) in [5.41, 5.74) is 33.1. The first kappa shape index (κ1) is 64.4. The number of nitrogens with zero attached hydrogens (tertiary/aromatic N) is 4. The molecule has 4 heterocycles. The number of anilines is 12. The van der Waals surface area contributed by atoms with Gasteiger partial charge in [-0.15, -0.1) is 67.1 Å². The molecule has 472 valence electrons. The highest BCUT2D eigenvalue weighted by Crippen LogP contribution is 2.49. The van der Waals surface area contributed by atoms with Crippen molar-refractivity contribution in [3.05, 3.63) is 374 Å². The van der Waals surface area contributed by atoms with Crippen LogP contribution in [-0.2, 0) is 12.8 Å². The van der Waals surface area contributed by atoms with Gasteiger partial charge in [0.05, 0.1) is 11.4 Å². The lowest BCUT2D eigenvalue weighted by atomic mass is 9.28. The van der Waals surface area contributed by atoms with Crippen molar-refractivity contribution < 1.29 is 5.11 Å². The molecule has 0 spiro atoms. The molecule has 18 rings (SSSR count). The van der Waals surface area contributed by atoms with E-state index >= 15 is 0 Å². The molecule has 0 atom stereocenters. The summed E-state index contributed by atoms with van der Waals surface area (Å²) in [5, 5.41) is 3.57. The summed E-state index contributed by atoms with van der Waals surface area (Å²) in [6.45, 7) is 0.327. The fourth-order valence-corrected chi connectivity index (χ4v) is 15.1. The van der Waals surface area contributed by atoms with Crippen LogP contribution >= 0.6 is 67.1 Å². The van der Waals surface area contributed by atoms with E-state index in [2.05, 4.69) is 452 Å². The third-order valence-electron chi connectivity index (χ3n) is 18.9. The number of aliphatic hydroxyl groups is 1. The number of hydrogen-bond acceptors (Lipinski definition) is 5. The summed E-state index contributed by atoms with van der Waals surface area (Å²) >= 11 is 6.95. The van der Waals surface area contributed by atoms with E-state index in [1.54, 1.807) is 0 Å². The Morgan fingerprint density at radius 3 is 1.29 bits per heavy atom. The first-order chi connectivity index (χ1) is 49.3. The van der Waals surface area contributed by atoms with Gasteiger partial charge in [-0.25, -0.2) is 0 Å². The highest BCUT2D eigenvalue weighted by Gasteiger charge is 2.50. The van der Waals surface area contributed by atoms with Gasteiger partial charge in [-0.2, -0.15) is 0 Å². The second kappa shape index (κ2) is 30.0. The molecule has 0 saturated carbocycles. The maximum Gasteiger partial charge on any atom is 0.355 e. The molecule has 12 heteroatoms. The lowest BCUT2D eigenvalue weighted by Crippen LogP contribution is -2.68. The Labute approximate surface area is 625 Å². The van der Waals surface area contributed by atoms with Crippen molar-refractivity contribution in [2.75, 3.05) is 26.1 Å². The minimum Gasteiger partial charge on any atom is -0.406 e. The van der Waals surface area contributed by atoms with Crippen molar-refractivity contribution in [1.29, 1.82) is 1.43 Å². The standard InChI is InChI=1S/C43H28B2N2.C43H34N2.CH3BO.BI3/c1-2-14-28(15-3-1)31-17-5-10-22-36(31)46-37-23-11-7-19-33(37)45-35-21-9-13-25-39(35)47-38-24-12-8-20-34(38)44-32-18-6-4-16-29(32)26-30-27-40(46)42(45)43(47)41(30)44;1-6-18-34(19-7-1)30-35-31-40(44(37-22-10-3-11-23-37)38-24-12-4-13-25-38)33-41(32-35)45(39-26-14-5-15-27-39)43-29-17-16-28-42(43)36-20-8-2-9-21-36;2-1-3;2-1(3)4/h1-25,27H,26H2;1-29,31-33H,30H2;3H,1H2;/i;;3D;. The summed E-state index contributed by atoms with van der Waals surface area (Å²) in [7, 11) is 4.62. The number of benzene rings is 14. The van der Waals surface area contributed by atoms with E-state index in [1.165, 1.54) is 111 Å². The summed E-state index contributed by atoms with van der Waals surface area (Å²) in [6.07, 6.45) is 1.75. The Balaban J connectivity index is 0.000000147. The van der Waals surface area contributed by atoms with Gasteiger partial charge in [-0.05, 0) is 165 Å². The van der Waals surface area contributed by atoms with Crippen LogP contribution in [0.15, 0.2) is 352 Å². The second-order valence-corrected chi connectivity index (χ2v) is 35.6. The van der Waals surface area contributed by atoms with Crippen molar-refractivity contribution >= 4 is 190 Å². The van der Waals surface area contributed by atoms with Gasteiger partial charge in [0, 0.05) is 74.5 Å². The Morgan fingerprint density at radius 2 is 0.758 bits per heavy atom. The van der Waals surface area contributed by atoms with Crippen molar-refractivity contribution in [3.8, 4) is 22.3 Å². The van der Waals surface area contributed by atoms with Crippen LogP contribution in [0.4, 0.5) is 68.2 Å². The minimum absolute atomic E-state index is 0.0139. The summed E-state index contributed by atoms with van der Waals surface area (Å²) < 4.78 is 6.57. The number of hydrogen-bond donors (Lipinski definition) is 1. The maximum atomic E-state index is 5.83. The quantitative estimate of drug-likeness (QED) is 0.0974. The van der Waals surface area contributed by atoms with Crippen LogP contribution in [-0.4, -0.2) is 34.6 Å². The van der Waals surface area contributed by atoms with E-state index in [0.29, 0.717) is 0 Å². The average molecular weight is 1610 g/mol. The predicted octanol–water partition coefficient (Wildman–Crippen LogP) is 19.4. The van der Waals surface area contributed by atoms with Gasteiger partial charge in [0.1, 0.15) is 7.85 Å². The molecule has 4 aliphatic rings. The van der Waals surface area contributed by atoms with Crippen molar-refractivity contribution in [1.82, 2.24) is 0 Å². The Bertz CT molecular complexity index is 5110. The van der Waals surface area contributed by atoms with E-state index in [4.69, 9.17) is 1.43 Å². The zero-order valence-electron chi connectivity index (χ0n) is 55.2. The summed E-state index contributed by atoms with van der Waals surface area (Å²) in [5.74, 6) is 0. The number of fused-ring (bicyclic) bond motifs is 10. The van der Waals surface area contributed by atoms with Gasteiger partial charge in [0.2, 0.25) is 8.14 Å². The summed E-state index contributed by atoms with van der Waals surface area (Å²) in [4.78, 5) is 9.93. The van der Waals surface area contributed by atoms with E-state index < -0.39 is 0 Å². The molecule has 0 fully saturated rings. The minimum atomic E-state index is -0.0139. The molecule has 5 nitrogen and oxygen atoms in total. The summed E-state index contributed by atoms with van der Waals surface area (Å²) in [6, 6.07) is 128. The molecule has 14 aromatic carbocycles. The molecule has 0 bridgehead atoms. The van der Waals surface area contributed by atoms with Crippen LogP contribution in [0.2, 0.25) is 0 Å². The monoisotopic (exact) mass is 1610 g/mol. The topological polar surface area (TPSA) is 33.2 Å². The fourth-order valence-electron chi connectivity index (χ4n) is 15.1. The molecule has 0 unspecified atom stereocenters. The zero-order chi connectivity index (χ0) is 67.9. The van der Waals surface area contributed by atoms with E-state index in [9.17, 15) is 0 Å². The zero-order valence-corrected chi connectivity index (χ0v) is 60.7. The van der Waals surface area contributed by atoms with E-state index in [0.717, 1.165) is 47.2 Å². The fraction of sp³-hybridized carbons (Fsp3) is 0.0345. The Morgan fingerprint density at radius 1 is 0.364 bits per heavy atom. The van der Waals surface area contributed by atoms with Crippen LogP contribution in [0.25, 0.3) is 22.3 Å². The largest absolute Gasteiger partial charge is 0.406 e. The number of para-hydroxylation sites is 8. The van der Waals surface area contributed by atoms with Crippen LogP contribution < -0.4 is 52.4 Å². The first-order valence-corrected chi connectivity index (χ1v) is 37.2. The molecule has 4 aliphatic heterocycles. The smallest absolute Gasteiger partial charge is 0.355 e. The lowest BCUT2D eigenvalue weighted by Gasteiger charge is -2.49. The highest BCUT2D eigenvalue weighted by molar-refractivity contribution is 14.4. The Hall–Kier alpha value is -9.31. The van der Waals surface area contributed by atoms with Gasteiger partial charge in [0.25, 0.3) is 6.71 Å². The van der Waals surface area contributed by atoms with E-state index in [-0.39, 0.29) is 19.9 Å². The van der Waals surface area contributed by atoms with Gasteiger partial charge in [-0.3, -0.25) is 0 Å². The number of rotatable bonds is 12. The van der Waals surface area contributed by atoms with Crippen molar-refractivity contribution in [2.45, 2.75) is 12.8 Å². The van der Waals surface area contributed by atoms with Crippen molar-refractivity contribution in [2.24, 2.45) is 0 Å². The van der Waals surface area contributed by atoms with Crippen molar-refractivity contribution in [3.63, 3.8) is 0 Å². The molecule has 0 amide bonds. The third kappa shape index (κ3) is 13.2. The third-order valence-corrected chi connectivity index (χ3v) is 18.9. The van der Waals surface area contributed by atoms with Crippen LogP contribution in [0.3, 0.4) is 0 Å². The predicted molar refractivity (Wildman–Crippen MR) is 451 cm³/mol. The molecular weight excluding hydrogens is 1540 g/mol. The molecule has 2 radical (unpaired) electrons. The maximum absolute atomic E-state index is 5.83. The normalized spacial score (nSPS) is 12.2. The van der Waals surface area contributed by atoms with E-state index in [1.807, 2.05) is 0 Å². The molecular formula is C87H65B4I3N4O. The van der Waals surface area contributed by atoms with Gasteiger partial charge >= 0.3 is 0.282 Å². The van der Waals surface area contributed by atoms with Crippen LogP contribution in [0.1, 0.15) is 22.3 Å². The number of aliphatic hydroxyl groups excluding tert-OH is 1. The Kier molecular flexibility index (Phi) is 19.5. The molecule has 14 aromatic rings. The van der Waals surface area contributed by atoms with Gasteiger partial charge in [0.15, 0.2) is 0 Å². The first-order valence-electron chi connectivity index (χ1n) is 33.8. The molecule has 1 N–H and O–H groups in total. The van der Waals surface area contributed by atoms with Gasteiger partial charge in [-0.1, -0.05) is 266 Å². The molecule has 99 heavy (non-hydrogen) atoms. The van der Waals surface area contributed by atoms with Crippen LogP contribution in [0, 0.1) is 0 Å². The second-order valence-electron chi connectivity index (χ2n) is 24.7.